The highest BCUT2D eigenvalue weighted by Gasteiger charge is 2.31. The fraction of sp³-hybridized carbons (Fsp3) is 0.600. The molecule has 17 heavy (non-hydrogen) atoms. The molecule has 96 valence electrons. The van der Waals surface area contributed by atoms with Gasteiger partial charge in [-0.2, -0.15) is 16.1 Å². The van der Waals surface area contributed by atoms with Crippen molar-refractivity contribution in [2.24, 2.45) is 0 Å². The molecule has 1 unspecified atom stereocenters. The Balaban J connectivity index is 2.23. The third-order valence-electron chi connectivity index (χ3n) is 2.59. The summed E-state index contributed by atoms with van der Waals surface area (Å²) in [5, 5.41) is 9.08. The van der Waals surface area contributed by atoms with E-state index in [0.717, 1.165) is 5.75 Å². The second-order valence-corrected chi connectivity index (χ2v) is 7.34. The van der Waals surface area contributed by atoms with Crippen LogP contribution >= 0.6 is 11.8 Å². The van der Waals surface area contributed by atoms with Crippen LogP contribution in [0.3, 0.4) is 0 Å². The molecule has 0 bridgehead atoms. The van der Waals surface area contributed by atoms with Crippen LogP contribution in [-0.4, -0.2) is 41.9 Å². The molecule has 0 saturated carbocycles. The number of hydrogen-bond donors (Lipinski definition) is 1. The predicted octanol–water partition coefficient (Wildman–Crippen LogP) is 0.898. The summed E-state index contributed by atoms with van der Waals surface area (Å²) in [5.41, 5.74) is 0. The van der Waals surface area contributed by atoms with Gasteiger partial charge < -0.3 is 9.52 Å². The van der Waals surface area contributed by atoms with Gasteiger partial charge in [-0.15, -0.1) is 0 Å². The van der Waals surface area contributed by atoms with Gasteiger partial charge in [0.05, 0.1) is 0 Å². The van der Waals surface area contributed by atoms with Crippen molar-refractivity contribution in [3.05, 3.63) is 17.9 Å². The fourth-order valence-electron chi connectivity index (χ4n) is 1.71. The lowest BCUT2D eigenvalue weighted by molar-refractivity contribution is 0.235. The minimum Gasteiger partial charge on any atom is -0.446 e. The first kappa shape index (κ1) is 12.9. The van der Waals surface area contributed by atoms with Gasteiger partial charge in [-0.25, -0.2) is 8.42 Å². The Morgan fingerprint density at radius 3 is 2.94 bits per heavy atom. The van der Waals surface area contributed by atoms with Crippen molar-refractivity contribution in [3.63, 3.8) is 0 Å². The maximum absolute atomic E-state index is 12.2. The van der Waals surface area contributed by atoms with E-state index in [9.17, 15) is 8.42 Å². The van der Waals surface area contributed by atoms with E-state index in [0.29, 0.717) is 18.3 Å². The van der Waals surface area contributed by atoms with Crippen molar-refractivity contribution < 1.29 is 17.9 Å². The molecule has 1 fully saturated rings. The molecule has 5 nitrogen and oxygen atoms in total. The standard InChI is InChI=1S/C10H15NO4S2/c1-8-6-11(4-5-16-8)17(13,14)10-3-2-9(7-12)15-10/h2-3,8,12H,4-7H2,1H3. The second kappa shape index (κ2) is 5.01. The number of rotatable bonds is 3. The zero-order valence-electron chi connectivity index (χ0n) is 9.50. The normalized spacial score (nSPS) is 22.8. The maximum atomic E-state index is 12.2. The van der Waals surface area contributed by atoms with E-state index in [2.05, 4.69) is 0 Å². The average molecular weight is 277 g/mol. The van der Waals surface area contributed by atoms with Crippen LogP contribution in [0.2, 0.25) is 0 Å². The van der Waals surface area contributed by atoms with E-state index in [1.165, 1.54) is 16.4 Å². The van der Waals surface area contributed by atoms with Crippen molar-refractivity contribution in [2.75, 3.05) is 18.8 Å². The van der Waals surface area contributed by atoms with Crippen LogP contribution in [0.15, 0.2) is 21.6 Å². The molecule has 0 aromatic carbocycles. The molecular formula is C10H15NO4S2. The molecule has 0 amide bonds. The minimum atomic E-state index is -3.54. The first-order chi connectivity index (χ1) is 8.04. The lowest BCUT2D eigenvalue weighted by Gasteiger charge is -2.28. The summed E-state index contributed by atoms with van der Waals surface area (Å²) in [6.45, 7) is 2.73. The Bertz CT molecular complexity index is 482. The Labute approximate surface area is 105 Å². The number of sulfonamides is 1. The zero-order chi connectivity index (χ0) is 12.5. The molecule has 1 aromatic rings. The second-order valence-electron chi connectivity index (χ2n) is 3.92. The van der Waals surface area contributed by atoms with Gasteiger partial charge in [-0.3, -0.25) is 0 Å². The van der Waals surface area contributed by atoms with E-state index >= 15 is 0 Å². The minimum absolute atomic E-state index is 0.0827. The fourth-order valence-corrected chi connectivity index (χ4v) is 4.40. The van der Waals surface area contributed by atoms with Crippen LogP contribution < -0.4 is 0 Å². The van der Waals surface area contributed by atoms with Gasteiger partial charge in [0, 0.05) is 24.1 Å². The van der Waals surface area contributed by atoms with Crippen molar-refractivity contribution >= 4 is 21.8 Å². The third-order valence-corrected chi connectivity index (χ3v) is 5.47. The molecule has 1 saturated heterocycles. The van der Waals surface area contributed by atoms with Gasteiger partial charge in [0.2, 0.25) is 5.09 Å². The lowest BCUT2D eigenvalue weighted by Crippen LogP contribution is -2.40. The predicted molar refractivity (Wildman–Crippen MR) is 65.3 cm³/mol. The molecule has 0 spiro atoms. The summed E-state index contributed by atoms with van der Waals surface area (Å²) in [6, 6.07) is 2.88. The smallest absolute Gasteiger partial charge is 0.276 e. The van der Waals surface area contributed by atoms with Gasteiger partial charge in [0.15, 0.2) is 0 Å². The van der Waals surface area contributed by atoms with Crippen molar-refractivity contribution in [1.82, 2.24) is 4.31 Å². The van der Waals surface area contributed by atoms with Crippen LogP contribution in [0, 0.1) is 0 Å². The first-order valence-electron chi connectivity index (χ1n) is 5.35. The van der Waals surface area contributed by atoms with E-state index in [1.54, 1.807) is 11.8 Å². The molecule has 0 radical (unpaired) electrons. The number of furan rings is 1. The molecular weight excluding hydrogens is 262 g/mol. The van der Waals surface area contributed by atoms with Crippen LogP contribution in [0.25, 0.3) is 0 Å². The van der Waals surface area contributed by atoms with E-state index in [1.807, 2.05) is 6.92 Å². The Morgan fingerprint density at radius 2 is 2.35 bits per heavy atom. The first-order valence-corrected chi connectivity index (χ1v) is 7.84. The molecule has 2 heterocycles. The Kier molecular flexibility index (Phi) is 3.82. The summed E-state index contributed by atoms with van der Waals surface area (Å²) < 4.78 is 30.9. The summed E-state index contributed by atoms with van der Waals surface area (Å²) >= 11 is 1.77. The number of nitrogens with zero attached hydrogens (tertiary/aromatic N) is 1. The van der Waals surface area contributed by atoms with E-state index in [4.69, 9.17) is 9.52 Å². The monoisotopic (exact) mass is 277 g/mol. The quantitative estimate of drug-likeness (QED) is 0.889. The van der Waals surface area contributed by atoms with Gasteiger partial charge in [0.1, 0.15) is 12.4 Å². The summed E-state index contributed by atoms with van der Waals surface area (Å²) in [6.07, 6.45) is 0. The highest BCUT2D eigenvalue weighted by Crippen LogP contribution is 2.25. The lowest BCUT2D eigenvalue weighted by atomic mass is 10.4. The van der Waals surface area contributed by atoms with Crippen molar-refractivity contribution in [3.8, 4) is 0 Å². The van der Waals surface area contributed by atoms with Crippen LogP contribution in [0.1, 0.15) is 12.7 Å². The summed E-state index contributed by atoms with van der Waals surface area (Å²) in [5.74, 6) is 1.07. The summed E-state index contributed by atoms with van der Waals surface area (Å²) in [7, 11) is -3.54. The molecule has 1 atom stereocenters. The maximum Gasteiger partial charge on any atom is 0.276 e. The molecule has 2 rings (SSSR count). The van der Waals surface area contributed by atoms with Crippen molar-refractivity contribution in [2.45, 2.75) is 23.9 Å². The number of hydrogen-bond acceptors (Lipinski definition) is 5. The number of aliphatic hydroxyl groups is 1. The third kappa shape index (κ3) is 2.67. The zero-order valence-corrected chi connectivity index (χ0v) is 11.1. The van der Waals surface area contributed by atoms with Gasteiger partial charge in [0.25, 0.3) is 10.0 Å². The topological polar surface area (TPSA) is 70.8 Å². The molecule has 1 N–H and O–H groups in total. The molecule has 1 aliphatic heterocycles. The van der Waals surface area contributed by atoms with Crippen LogP contribution in [0.4, 0.5) is 0 Å². The van der Waals surface area contributed by atoms with E-state index in [-0.39, 0.29) is 17.5 Å². The van der Waals surface area contributed by atoms with Crippen LogP contribution in [0.5, 0.6) is 0 Å². The average Bonchev–Trinajstić information content (AvgIpc) is 2.78. The highest BCUT2D eigenvalue weighted by atomic mass is 32.2. The SMILES string of the molecule is CC1CN(S(=O)(=O)c2ccc(CO)o2)CCS1. The van der Waals surface area contributed by atoms with Gasteiger partial charge in [-0.05, 0) is 12.1 Å². The molecule has 7 heteroatoms. The molecule has 0 aliphatic carbocycles. The molecule has 1 aliphatic rings. The Morgan fingerprint density at radius 1 is 1.59 bits per heavy atom. The van der Waals surface area contributed by atoms with Crippen LogP contribution in [-0.2, 0) is 16.6 Å². The largest absolute Gasteiger partial charge is 0.446 e. The number of thioether (sulfide) groups is 1. The Hall–Kier alpha value is -0.500. The highest BCUT2D eigenvalue weighted by molar-refractivity contribution is 8.00. The number of aliphatic hydroxyl groups excluding tert-OH is 1. The van der Waals surface area contributed by atoms with Gasteiger partial charge >= 0.3 is 0 Å². The summed E-state index contributed by atoms with van der Waals surface area (Å²) in [4.78, 5) is 0. The van der Waals surface area contributed by atoms with E-state index < -0.39 is 10.0 Å². The van der Waals surface area contributed by atoms with Crippen molar-refractivity contribution in [1.29, 1.82) is 0 Å². The van der Waals surface area contributed by atoms with Gasteiger partial charge in [-0.1, -0.05) is 6.92 Å². The molecule has 1 aromatic heterocycles.